The van der Waals surface area contributed by atoms with Crippen LogP contribution in [-0.2, 0) is 11.0 Å². The van der Waals surface area contributed by atoms with Gasteiger partial charge in [0.05, 0.1) is 11.1 Å². The molecule has 0 aliphatic heterocycles. The normalized spacial score (nSPS) is 12.8. The number of carbonyl (C=O) groups excluding carboxylic acids is 1. The Morgan fingerprint density at radius 2 is 1.95 bits per heavy atom. The van der Waals surface area contributed by atoms with Gasteiger partial charge in [-0.2, -0.15) is 13.2 Å². The minimum Gasteiger partial charge on any atom is -0.480 e. The van der Waals surface area contributed by atoms with Gasteiger partial charge >= 0.3 is 12.1 Å². The molecule has 0 saturated heterocycles. The molecule has 0 aliphatic rings. The van der Waals surface area contributed by atoms with E-state index in [4.69, 9.17) is 5.11 Å². The van der Waals surface area contributed by atoms with Crippen LogP contribution in [-0.4, -0.2) is 23.0 Å². The number of nitrogens with one attached hydrogen (secondary N) is 1. The molecule has 0 aromatic heterocycles. The van der Waals surface area contributed by atoms with Crippen molar-refractivity contribution in [1.82, 2.24) is 5.32 Å². The number of halogens is 4. The Kier molecular flexibility index (Phi) is 5.28. The number of hydrogen-bond donors (Lipinski definition) is 2. The van der Waals surface area contributed by atoms with Gasteiger partial charge in [0.15, 0.2) is 0 Å². The second-order valence-electron chi connectivity index (χ2n) is 4.35. The molecule has 0 bridgehead atoms. The zero-order chi connectivity index (χ0) is 16.2. The number of alkyl halides is 3. The lowest BCUT2D eigenvalue weighted by atomic mass is 10.1. The number of amides is 1. The third-order valence-corrected chi connectivity index (χ3v) is 2.72. The molecular weight excluding hydrogens is 294 g/mol. The van der Waals surface area contributed by atoms with Crippen LogP contribution in [0.2, 0.25) is 0 Å². The van der Waals surface area contributed by atoms with Crippen molar-refractivity contribution in [1.29, 1.82) is 0 Å². The van der Waals surface area contributed by atoms with Crippen LogP contribution < -0.4 is 5.32 Å². The first-order chi connectivity index (χ1) is 9.66. The Bertz CT molecular complexity index is 543. The van der Waals surface area contributed by atoms with Crippen molar-refractivity contribution < 1.29 is 32.3 Å². The van der Waals surface area contributed by atoms with E-state index in [1.807, 2.05) is 5.32 Å². The van der Waals surface area contributed by atoms with Crippen LogP contribution in [0.5, 0.6) is 0 Å². The zero-order valence-corrected chi connectivity index (χ0v) is 11.0. The number of benzene rings is 1. The fraction of sp³-hybridized carbons (Fsp3) is 0.385. The molecular formula is C13H13F4NO3. The second kappa shape index (κ2) is 6.55. The number of hydrogen-bond acceptors (Lipinski definition) is 2. The Morgan fingerprint density at radius 1 is 1.33 bits per heavy atom. The highest BCUT2D eigenvalue weighted by Crippen LogP contribution is 2.30. The van der Waals surface area contributed by atoms with Crippen LogP contribution in [0.15, 0.2) is 18.2 Å². The molecule has 1 aromatic carbocycles. The molecule has 2 N–H and O–H groups in total. The summed E-state index contributed by atoms with van der Waals surface area (Å²) in [5.74, 6) is -3.68. The Balaban J connectivity index is 3.04. The summed E-state index contributed by atoms with van der Waals surface area (Å²) in [5, 5.41) is 10.9. The van der Waals surface area contributed by atoms with Crippen LogP contribution in [0, 0.1) is 5.82 Å². The van der Waals surface area contributed by atoms with E-state index < -0.39 is 41.0 Å². The van der Waals surface area contributed by atoms with Gasteiger partial charge in [-0.05, 0) is 24.6 Å². The standard InChI is InChI=1S/C13H13F4NO3/c1-2-3-10(12(20)21)18-11(19)8-6-7(13(15,16)17)4-5-9(8)14/h4-6,10H,2-3H2,1H3,(H,18,19)(H,20,21)/t10-/m1/s1. The van der Waals surface area contributed by atoms with E-state index in [1.54, 1.807) is 6.92 Å². The predicted molar refractivity (Wildman–Crippen MR) is 65.2 cm³/mol. The van der Waals surface area contributed by atoms with Gasteiger partial charge < -0.3 is 10.4 Å². The summed E-state index contributed by atoms with van der Waals surface area (Å²) in [6.45, 7) is 1.67. The zero-order valence-electron chi connectivity index (χ0n) is 11.0. The van der Waals surface area contributed by atoms with Gasteiger partial charge in [0.1, 0.15) is 11.9 Å². The maximum absolute atomic E-state index is 13.5. The van der Waals surface area contributed by atoms with Crippen molar-refractivity contribution in [3.8, 4) is 0 Å². The minimum atomic E-state index is -4.72. The smallest absolute Gasteiger partial charge is 0.416 e. The van der Waals surface area contributed by atoms with E-state index >= 15 is 0 Å². The molecule has 1 atom stereocenters. The topological polar surface area (TPSA) is 66.4 Å². The molecule has 0 saturated carbocycles. The Labute approximate surface area is 117 Å². The minimum absolute atomic E-state index is 0.0850. The molecule has 0 spiro atoms. The predicted octanol–water partition coefficient (Wildman–Crippen LogP) is 2.83. The number of carbonyl (C=O) groups is 2. The molecule has 1 aromatic rings. The highest BCUT2D eigenvalue weighted by atomic mass is 19.4. The van der Waals surface area contributed by atoms with E-state index in [1.165, 1.54) is 0 Å². The largest absolute Gasteiger partial charge is 0.480 e. The van der Waals surface area contributed by atoms with Crippen molar-refractivity contribution in [2.24, 2.45) is 0 Å². The molecule has 4 nitrogen and oxygen atoms in total. The maximum Gasteiger partial charge on any atom is 0.416 e. The first kappa shape index (κ1) is 16.9. The summed E-state index contributed by atoms with van der Waals surface area (Å²) in [7, 11) is 0. The number of carboxylic acids is 1. The summed E-state index contributed by atoms with van der Waals surface area (Å²) >= 11 is 0. The molecule has 8 heteroatoms. The molecule has 0 fully saturated rings. The van der Waals surface area contributed by atoms with Gasteiger partial charge in [-0.1, -0.05) is 13.3 Å². The molecule has 21 heavy (non-hydrogen) atoms. The lowest BCUT2D eigenvalue weighted by molar-refractivity contribution is -0.139. The Morgan fingerprint density at radius 3 is 2.43 bits per heavy atom. The van der Waals surface area contributed by atoms with Crippen molar-refractivity contribution in [2.45, 2.75) is 32.0 Å². The van der Waals surface area contributed by atoms with Gasteiger partial charge in [0.25, 0.3) is 5.91 Å². The van der Waals surface area contributed by atoms with Gasteiger partial charge in [-0.25, -0.2) is 9.18 Å². The SMILES string of the molecule is CCC[C@@H](NC(=O)c1cc(C(F)(F)F)ccc1F)C(=O)O. The summed E-state index contributed by atoms with van der Waals surface area (Å²) in [5.41, 5.74) is -2.02. The summed E-state index contributed by atoms with van der Waals surface area (Å²) < 4.78 is 51.0. The van der Waals surface area contributed by atoms with Crippen LogP contribution in [0.25, 0.3) is 0 Å². The van der Waals surface area contributed by atoms with Gasteiger partial charge in [0, 0.05) is 0 Å². The van der Waals surface area contributed by atoms with Crippen molar-refractivity contribution in [3.63, 3.8) is 0 Å². The second-order valence-corrected chi connectivity index (χ2v) is 4.35. The first-order valence-corrected chi connectivity index (χ1v) is 6.07. The molecule has 1 amide bonds. The van der Waals surface area contributed by atoms with Crippen LogP contribution in [0.3, 0.4) is 0 Å². The van der Waals surface area contributed by atoms with Crippen LogP contribution >= 0.6 is 0 Å². The van der Waals surface area contributed by atoms with Crippen LogP contribution in [0.4, 0.5) is 17.6 Å². The lowest BCUT2D eigenvalue weighted by Crippen LogP contribution is -2.41. The molecule has 1 rings (SSSR count). The van der Waals surface area contributed by atoms with E-state index in [-0.39, 0.29) is 6.42 Å². The number of aliphatic carboxylic acids is 1. The van der Waals surface area contributed by atoms with Gasteiger partial charge in [-0.3, -0.25) is 4.79 Å². The summed E-state index contributed by atoms with van der Waals surface area (Å²) in [6.07, 6.45) is -4.21. The molecule has 0 unspecified atom stereocenters. The van der Waals surface area contributed by atoms with Crippen LogP contribution in [0.1, 0.15) is 35.7 Å². The van der Waals surface area contributed by atoms with Crippen molar-refractivity contribution >= 4 is 11.9 Å². The third-order valence-electron chi connectivity index (χ3n) is 2.72. The fourth-order valence-corrected chi connectivity index (χ4v) is 1.66. The monoisotopic (exact) mass is 307 g/mol. The van der Waals surface area contributed by atoms with E-state index in [2.05, 4.69) is 0 Å². The van der Waals surface area contributed by atoms with Crippen molar-refractivity contribution in [2.75, 3.05) is 0 Å². The molecule has 0 radical (unpaired) electrons. The lowest BCUT2D eigenvalue weighted by Gasteiger charge is -2.15. The first-order valence-electron chi connectivity index (χ1n) is 6.07. The average Bonchev–Trinajstić information content (AvgIpc) is 2.36. The third kappa shape index (κ3) is 4.44. The summed E-state index contributed by atoms with van der Waals surface area (Å²) in [6, 6.07) is 0.104. The maximum atomic E-state index is 13.5. The molecule has 0 heterocycles. The molecule has 0 aliphatic carbocycles. The quantitative estimate of drug-likeness (QED) is 0.822. The van der Waals surface area contributed by atoms with E-state index in [9.17, 15) is 27.2 Å². The van der Waals surface area contributed by atoms with E-state index in [0.29, 0.717) is 24.6 Å². The molecule has 116 valence electrons. The highest BCUT2D eigenvalue weighted by Gasteiger charge is 2.32. The van der Waals surface area contributed by atoms with E-state index in [0.717, 1.165) is 0 Å². The van der Waals surface area contributed by atoms with Gasteiger partial charge in [-0.15, -0.1) is 0 Å². The van der Waals surface area contributed by atoms with Gasteiger partial charge in [0.2, 0.25) is 0 Å². The summed E-state index contributed by atoms with van der Waals surface area (Å²) in [4.78, 5) is 22.6. The highest BCUT2D eigenvalue weighted by molar-refractivity contribution is 5.97. The number of carboxylic acid groups (broad SMARTS) is 1. The Hall–Kier alpha value is -2.12. The fourth-order valence-electron chi connectivity index (χ4n) is 1.66. The van der Waals surface area contributed by atoms with Crippen molar-refractivity contribution in [3.05, 3.63) is 35.1 Å². The number of rotatable bonds is 5. The average molecular weight is 307 g/mol.